The Morgan fingerprint density at radius 1 is 1.19 bits per heavy atom. The van der Waals surface area contributed by atoms with Crippen LogP contribution in [0.4, 0.5) is 0 Å². The van der Waals surface area contributed by atoms with Gasteiger partial charge in [-0.2, -0.15) is 0 Å². The molecular weight excluding hydrogens is 216 g/mol. The summed E-state index contributed by atoms with van der Waals surface area (Å²) in [5, 5.41) is 6.47. The van der Waals surface area contributed by atoms with Gasteiger partial charge in [0.1, 0.15) is 0 Å². The third kappa shape index (κ3) is 3.08. The van der Waals surface area contributed by atoms with Gasteiger partial charge >= 0.3 is 0 Å². The van der Waals surface area contributed by atoms with Gasteiger partial charge in [-0.3, -0.25) is 0 Å². The molecule has 0 amide bonds. The molecule has 3 heteroatoms. The maximum absolute atomic E-state index is 4.36. The molecule has 0 spiro atoms. The Bertz CT molecular complexity index is 280. The van der Waals surface area contributed by atoms with Crippen LogP contribution in [0, 0.1) is 5.41 Å². The van der Waals surface area contributed by atoms with Gasteiger partial charge in [-0.1, -0.05) is 33.6 Å². The first-order valence-corrected chi connectivity index (χ1v) is 5.78. The molecule has 92 valence electrons. The summed E-state index contributed by atoms with van der Waals surface area (Å²) < 4.78 is 0. The predicted molar refractivity (Wildman–Crippen MR) is 76.4 cm³/mol. The molecule has 2 N–H and O–H groups in total. The molecule has 1 atom stereocenters. The molecule has 0 aromatic carbocycles. The molecule has 0 fully saturated rings. The first kappa shape index (κ1) is 15.2. The summed E-state index contributed by atoms with van der Waals surface area (Å²) in [6, 6.07) is 0.0378. The SMILES string of the molecule is C=CNC(C(=C)S)C(C)(C)C(C)(C)NC=C. The Morgan fingerprint density at radius 2 is 1.69 bits per heavy atom. The van der Waals surface area contributed by atoms with Crippen LogP contribution in [0.15, 0.2) is 37.0 Å². The smallest absolute Gasteiger partial charge is 0.0631 e. The lowest BCUT2D eigenvalue weighted by Crippen LogP contribution is -2.58. The largest absolute Gasteiger partial charge is 0.386 e. The van der Waals surface area contributed by atoms with Crippen LogP contribution in [-0.4, -0.2) is 11.6 Å². The van der Waals surface area contributed by atoms with Crippen molar-refractivity contribution in [2.45, 2.75) is 39.3 Å². The predicted octanol–water partition coefficient (Wildman–Crippen LogP) is 3.07. The molecule has 0 aliphatic heterocycles. The number of nitrogens with one attached hydrogen (secondary N) is 2. The second kappa shape index (κ2) is 5.48. The van der Waals surface area contributed by atoms with Crippen molar-refractivity contribution in [3.63, 3.8) is 0 Å². The van der Waals surface area contributed by atoms with Crippen LogP contribution >= 0.6 is 12.6 Å². The Balaban J connectivity index is 5.17. The molecule has 0 aromatic rings. The minimum Gasteiger partial charge on any atom is -0.386 e. The minimum absolute atomic E-state index is 0.0378. The van der Waals surface area contributed by atoms with E-state index in [9.17, 15) is 0 Å². The highest BCUT2D eigenvalue weighted by Crippen LogP contribution is 2.37. The monoisotopic (exact) mass is 240 g/mol. The van der Waals surface area contributed by atoms with E-state index >= 15 is 0 Å². The third-order valence-electron chi connectivity index (χ3n) is 3.41. The first-order valence-electron chi connectivity index (χ1n) is 5.34. The summed E-state index contributed by atoms with van der Waals surface area (Å²) in [5.74, 6) is 0. The van der Waals surface area contributed by atoms with Crippen molar-refractivity contribution < 1.29 is 0 Å². The molecule has 0 aliphatic carbocycles. The zero-order valence-electron chi connectivity index (χ0n) is 10.8. The van der Waals surface area contributed by atoms with Gasteiger partial charge in [0.2, 0.25) is 0 Å². The van der Waals surface area contributed by atoms with Crippen molar-refractivity contribution >= 4 is 12.6 Å². The first-order chi connectivity index (χ1) is 7.20. The molecule has 0 heterocycles. The minimum atomic E-state index is -0.138. The maximum Gasteiger partial charge on any atom is 0.0631 e. The molecule has 0 aliphatic rings. The van der Waals surface area contributed by atoms with Crippen LogP contribution in [0.5, 0.6) is 0 Å². The molecule has 0 aromatic heterocycles. The van der Waals surface area contributed by atoms with Gasteiger partial charge in [0.15, 0.2) is 0 Å². The van der Waals surface area contributed by atoms with E-state index in [0.29, 0.717) is 0 Å². The highest BCUT2D eigenvalue weighted by molar-refractivity contribution is 7.84. The van der Waals surface area contributed by atoms with Crippen molar-refractivity contribution in [2.24, 2.45) is 5.41 Å². The van der Waals surface area contributed by atoms with Gasteiger partial charge in [-0.15, -0.1) is 12.6 Å². The van der Waals surface area contributed by atoms with E-state index < -0.39 is 0 Å². The molecule has 0 saturated heterocycles. The van der Waals surface area contributed by atoms with Crippen LogP contribution in [0.25, 0.3) is 0 Å². The molecule has 0 radical (unpaired) electrons. The van der Waals surface area contributed by atoms with Crippen LogP contribution in [0.3, 0.4) is 0 Å². The summed E-state index contributed by atoms with van der Waals surface area (Å²) in [4.78, 5) is 0.795. The standard InChI is InChI=1S/C13H24N2S/c1-8-14-11(10(3)16)12(4,5)13(6,7)15-9-2/h8-9,11,14-16H,1-3H2,4-7H3. The van der Waals surface area contributed by atoms with Gasteiger partial charge in [0.05, 0.1) is 6.04 Å². The Kier molecular flexibility index (Phi) is 5.20. The summed E-state index contributed by atoms with van der Waals surface area (Å²) in [7, 11) is 0. The van der Waals surface area contributed by atoms with Crippen LogP contribution < -0.4 is 10.6 Å². The van der Waals surface area contributed by atoms with Gasteiger partial charge in [-0.25, -0.2) is 0 Å². The topological polar surface area (TPSA) is 24.1 Å². The van der Waals surface area contributed by atoms with E-state index in [-0.39, 0.29) is 17.0 Å². The Morgan fingerprint density at radius 3 is 2.00 bits per heavy atom. The van der Waals surface area contributed by atoms with Gasteiger partial charge in [0, 0.05) is 11.0 Å². The molecule has 0 rings (SSSR count). The average molecular weight is 240 g/mol. The normalized spacial score (nSPS) is 13.8. The number of hydrogen-bond acceptors (Lipinski definition) is 3. The quantitative estimate of drug-likeness (QED) is 0.596. The lowest BCUT2D eigenvalue weighted by molar-refractivity contribution is 0.140. The van der Waals surface area contributed by atoms with Crippen molar-refractivity contribution in [2.75, 3.05) is 0 Å². The maximum atomic E-state index is 4.36. The molecule has 16 heavy (non-hydrogen) atoms. The van der Waals surface area contributed by atoms with E-state index in [1.807, 2.05) is 0 Å². The van der Waals surface area contributed by atoms with Crippen molar-refractivity contribution in [3.05, 3.63) is 37.0 Å². The summed E-state index contributed by atoms with van der Waals surface area (Å²) in [6.45, 7) is 19.9. The van der Waals surface area contributed by atoms with E-state index in [0.717, 1.165) is 4.91 Å². The van der Waals surface area contributed by atoms with E-state index in [2.05, 4.69) is 70.7 Å². The second-order valence-electron chi connectivity index (χ2n) is 4.99. The average Bonchev–Trinajstić information content (AvgIpc) is 2.12. The highest BCUT2D eigenvalue weighted by atomic mass is 32.1. The van der Waals surface area contributed by atoms with E-state index in [1.165, 1.54) is 0 Å². The number of rotatable bonds is 7. The van der Waals surface area contributed by atoms with Crippen LogP contribution in [0.2, 0.25) is 0 Å². The Hall–Kier alpha value is -0.830. The van der Waals surface area contributed by atoms with Gasteiger partial charge in [-0.05, 0) is 31.2 Å². The fourth-order valence-corrected chi connectivity index (χ4v) is 2.04. The summed E-state index contributed by atoms with van der Waals surface area (Å²) >= 11 is 4.36. The van der Waals surface area contributed by atoms with Crippen LogP contribution in [-0.2, 0) is 0 Å². The molecule has 0 saturated carbocycles. The van der Waals surface area contributed by atoms with Crippen molar-refractivity contribution in [1.82, 2.24) is 10.6 Å². The Labute approximate surface area is 105 Å². The summed E-state index contributed by atoms with van der Waals surface area (Å²) in [5.41, 5.74) is -0.241. The lowest BCUT2D eigenvalue weighted by Gasteiger charge is -2.47. The molecular formula is C13H24N2S. The van der Waals surface area contributed by atoms with Gasteiger partial charge < -0.3 is 10.6 Å². The molecule has 1 unspecified atom stereocenters. The van der Waals surface area contributed by atoms with E-state index in [1.54, 1.807) is 12.4 Å². The fraction of sp³-hybridized carbons (Fsp3) is 0.538. The number of thiol groups is 1. The lowest BCUT2D eigenvalue weighted by atomic mass is 9.69. The highest BCUT2D eigenvalue weighted by Gasteiger charge is 2.43. The van der Waals surface area contributed by atoms with Gasteiger partial charge in [0.25, 0.3) is 0 Å². The number of hydrogen-bond donors (Lipinski definition) is 3. The van der Waals surface area contributed by atoms with Crippen molar-refractivity contribution in [1.29, 1.82) is 0 Å². The molecule has 2 nitrogen and oxygen atoms in total. The molecule has 0 bridgehead atoms. The van der Waals surface area contributed by atoms with Crippen LogP contribution in [0.1, 0.15) is 27.7 Å². The van der Waals surface area contributed by atoms with E-state index in [4.69, 9.17) is 0 Å². The third-order valence-corrected chi connectivity index (χ3v) is 3.67. The second-order valence-corrected chi connectivity index (χ2v) is 5.56. The zero-order chi connectivity index (χ0) is 13.0. The zero-order valence-corrected chi connectivity index (χ0v) is 11.7. The fourth-order valence-electron chi connectivity index (χ4n) is 1.64. The summed E-state index contributed by atoms with van der Waals surface area (Å²) in [6.07, 6.45) is 3.39. The van der Waals surface area contributed by atoms with Crippen molar-refractivity contribution in [3.8, 4) is 0 Å².